The lowest BCUT2D eigenvalue weighted by Gasteiger charge is -2.17. The van der Waals surface area contributed by atoms with E-state index in [1.54, 1.807) is 4.90 Å². The van der Waals surface area contributed by atoms with E-state index in [2.05, 4.69) is 60.0 Å². The summed E-state index contributed by atoms with van der Waals surface area (Å²) >= 11 is 5.47. The third-order valence-electron chi connectivity index (χ3n) is 4.41. The molecule has 2 aromatic rings. The number of quaternary nitrogens is 1. The van der Waals surface area contributed by atoms with Crippen LogP contribution in [0, 0.1) is 6.92 Å². The summed E-state index contributed by atoms with van der Waals surface area (Å²) in [6.07, 6.45) is 1.16. The number of rotatable bonds is 4. The van der Waals surface area contributed by atoms with Crippen molar-refractivity contribution in [2.45, 2.75) is 25.9 Å². The number of thiocarbonyl (C=S) groups is 1. The highest BCUT2D eigenvalue weighted by Gasteiger charge is 2.26. The lowest BCUT2D eigenvalue weighted by Crippen LogP contribution is -3.09. The van der Waals surface area contributed by atoms with Gasteiger partial charge in [0.15, 0.2) is 5.11 Å². The van der Waals surface area contributed by atoms with Crippen LogP contribution in [-0.2, 0) is 6.54 Å². The van der Waals surface area contributed by atoms with Crippen LogP contribution in [-0.4, -0.2) is 24.2 Å². The van der Waals surface area contributed by atoms with Gasteiger partial charge in [-0.05, 0) is 30.8 Å². The van der Waals surface area contributed by atoms with Gasteiger partial charge in [0.2, 0.25) is 0 Å². The first-order valence-electron chi connectivity index (χ1n) is 8.21. The van der Waals surface area contributed by atoms with Crippen molar-refractivity contribution < 1.29 is 4.90 Å². The van der Waals surface area contributed by atoms with Gasteiger partial charge in [0.25, 0.3) is 0 Å². The van der Waals surface area contributed by atoms with Gasteiger partial charge < -0.3 is 15.5 Å². The van der Waals surface area contributed by atoms with Crippen LogP contribution in [0.5, 0.6) is 0 Å². The molecule has 0 aliphatic carbocycles. The van der Waals surface area contributed by atoms with Gasteiger partial charge in [0.05, 0.1) is 19.1 Å². The second kappa shape index (κ2) is 7.57. The van der Waals surface area contributed by atoms with Gasteiger partial charge in [-0.3, -0.25) is 0 Å². The van der Waals surface area contributed by atoms with Gasteiger partial charge in [-0.25, -0.2) is 0 Å². The molecule has 0 bridgehead atoms. The molecular weight excluding hydrogens is 302 g/mol. The van der Waals surface area contributed by atoms with Gasteiger partial charge in [-0.1, -0.05) is 48.5 Å². The van der Waals surface area contributed by atoms with Crippen LogP contribution in [0.15, 0.2) is 54.6 Å². The molecule has 0 spiro atoms. The molecule has 1 aliphatic heterocycles. The molecule has 120 valence electrons. The minimum Gasteiger partial charge on any atom is -0.354 e. The molecule has 0 saturated carbocycles. The van der Waals surface area contributed by atoms with E-state index in [0.717, 1.165) is 30.3 Å². The zero-order valence-corrected chi connectivity index (χ0v) is 14.3. The molecule has 0 amide bonds. The quantitative estimate of drug-likeness (QED) is 0.752. The summed E-state index contributed by atoms with van der Waals surface area (Å²) in [6.45, 7) is 5.49. The maximum absolute atomic E-state index is 5.47. The third kappa shape index (κ3) is 4.53. The van der Waals surface area contributed by atoms with E-state index in [9.17, 15) is 0 Å². The van der Waals surface area contributed by atoms with E-state index >= 15 is 0 Å². The summed E-state index contributed by atoms with van der Waals surface area (Å²) in [6, 6.07) is 19.4. The number of nitrogens with one attached hydrogen (secondary N) is 3. The summed E-state index contributed by atoms with van der Waals surface area (Å²) in [5.74, 6) is 0. The normalized spacial score (nSPS) is 20.2. The fourth-order valence-corrected chi connectivity index (χ4v) is 3.43. The fraction of sp³-hybridized carbons (Fsp3) is 0.316. The first-order valence-corrected chi connectivity index (χ1v) is 8.62. The molecule has 23 heavy (non-hydrogen) atoms. The van der Waals surface area contributed by atoms with Crippen molar-refractivity contribution in [3.05, 3.63) is 65.7 Å². The van der Waals surface area contributed by atoms with Crippen molar-refractivity contribution in [1.82, 2.24) is 5.32 Å². The molecule has 1 unspecified atom stereocenters. The molecular formula is C19H24N3S+. The van der Waals surface area contributed by atoms with Crippen LogP contribution in [0.3, 0.4) is 0 Å². The molecule has 0 radical (unpaired) electrons. The van der Waals surface area contributed by atoms with Crippen molar-refractivity contribution in [2.24, 2.45) is 0 Å². The van der Waals surface area contributed by atoms with E-state index in [4.69, 9.17) is 12.2 Å². The monoisotopic (exact) mass is 326 g/mol. The van der Waals surface area contributed by atoms with Crippen LogP contribution in [0.2, 0.25) is 0 Å². The predicted molar refractivity (Wildman–Crippen MR) is 99.8 cm³/mol. The number of likely N-dealkylation sites (tertiary alicyclic amines) is 1. The highest BCUT2D eigenvalue weighted by atomic mass is 32.1. The highest BCUT2D eigenvalue weighted by Crippen LogP contribution is 2.13. The second-order valence-corrected chi connectivity index (χ2v) is 6.67. The smallest absolute Gasteiger partial charge is 0.171 e. The minimum atomic E-state index is 0.456. The number of para-hydroxylation sites is 1. The average Bonchev–Trinajstić information content (AvgIpc) is 2.97. The van der Waals surface area contributed by atoms with Crippen LogP contribution in [0.25, 0.3) is 0 Å². The Morgan fingerprint density at radius 2 is 1.87 bits per heavy atom. The molecule has 1 saturated heterocycles. The lowest BCUT2D eigenvalue weighted by atomic mass is 10.2. The largest absolute Gasteiger partial charge is 0.354 e. The number of benzene rings is 2. The van der Waals surface area contributed by atoms with Crippen molar-refractivity contribution in [3.8, 4) is 0 Å². The molecule has 1 aliphatic rings. The molecule has 1 heterocycles. The summed E-state index contributed by atoms with van der Waals surface area (Å²) in [7, 11) is 0. The Bertz CT molecular complexity index is 657. The van der Waals surface area contributed by atoms with Gasteiger partial charge in [0, 0.05) is 17.7 Å². The lowest BCUT2D eigenvalue weighted by molar-refractivity contribution is -0.901. The number of aryl methyl sites for hydroxylation is 1. The SMILES string of the molecule is Cc1ccccc1NC(=S)N[C@H]1CC[NH+](Cc2ccccc2)C1. The second-order valence-electron chi connectivity index (χ2n) is 6.27. The Morgan fingerprint density at radius 1 is 1.13 bits per heavy atom. The summed E-state index contributed by atoms with van der Waals surface area (Å²) < 4.78 is 0. The highest BCUT2D eigenvalue weighted by molar-refractivity contribution is 7.80. The predicted octanol–water partition coefficient (Wildman–Crippen LogP) is 2.14. The molecule has 1 fully saturated rings. The molecule has 3 rings (SSSR count). The summed E-state index contributed by atoms with van der Waals surface area (Å²) in [5.41, 5.74) is 3.69. The van der Waals surface area contributed by atoms with E-state index in [1.165, 1.54) is 17.7 Å². The van der Waals surface area contributed by atoms with Crippen molar-refractivity contribution in [2.75, 3.05) is 18.4 Å². The Kier molecular flexibility index (Phi) is 5.26. The maximum atomic E-state index is 5.47. The summed E-state index contributed by atoms with van der Waals surface area (Å²) in [4.78, 5) is 1.62. The van der Waals surface area contributed by atoms with Crippen molar-refractivity contribution in [1.29, 1.82) is 0 Å². The van der Waals surface area contributed by atoms with Crippen LogP contribution >= 0.6 is 12.2 Å². The molecule has 3 N–H and O–H groups in total. The third-order valence-corrected chi connectivity index (χ3v) is 4.63. The Morgan fingerprint density at radius 3 is 2.65 bits per heavy atom. The minimum absolute atomic E-state index is 0.456. The van der Waals surface area contributed by atoms with Gasteiger partial charge >= 0.3 is 0 Å². The topological polar surface area (TPSA) is 28.5 Å². The van der Waals surface area contributed by atoms with E-state index in [-0.39, 0.29) is 0 Å². The summed E-state index contributed by atoms with van der Waals surface area (Å²) in [5, 5.41) is 7.51. The molecule has 0 aromatic heterocycles. The van der Waals surface area contributed by atoms with E-state index in [0.29, 0.717) is 6.04 Å². The Labute approximate surface area is 143 Å². The Hall–Kier alpha value is -1.91. The van der Waals surface area contributed by atoms with Crippen molar-refractivity contribution in [3.63, 3.8) is 0 Å². The Balaban J connectivity index is 1.48. The van der Waals surface area contributed by atoms with Gasteiger partial charge in [0.1, 0.15) is 6.54 Å². The van der Waals surface area contributed by atoms with Gasteiger partial charge in [-0.15, -0.1) is 0 Å². The maximum Gasteiger partial charge on any atom is 0.171 e. The van der Waals surface area contributed by atoms with Crippen LogP contribution < -0.4 is 15.5 Å². The molecule has 2 aromatic carbocycles. The van der Waals surface area contributed by atoms with Gasteiger partial charge in [-0.2, -0.15) is 0 Å². The molecule has 3 nitrogen and oxygen atoms in total. The zero-order valence-electron chi connectivity index (χ0n) is 13.5. The van der Waals surface area contributed by atoms with E-state index in [1.807, 2.05) is 12.1 Å². The first kappa shape index (κ1) is 16.0. The number of hydrogen-bond acceptors (Lipinski definition) is 1. The van der Waals surface area contributed by atoms with E-state index < -0.39 is 0 Å². The number of anilines is 1. The standard InChI is InChI=1S/C19H23N3S/c1-15-7-5-6-10-18(15)21-19(23)20-17-11-12-22(14-17)13-16-8-3-2-4-9-16/h2-10,17H,11-14H2,1H3,(H2,20,21,23)/p+1/t17-/m0/s1. The van der Waals surface area contributed by atoms with Crippen LogP contribution in [0.4, 0.5) is 5.69 Å². The zero-order chi connectivity index (χ0) is 16.1. The number of hydrogen-bond donors (Lipinski definition) is 3. The van der Waals surface area contributed by atoms with Crippen LogP contribution in [0.1, 0.15) is 17.5 Å². The first-order chi connectivity index (χ1) is 11.2. The van der Waals surface area contributed by atoms with Crippen molar-refractivity contribution >= 4 is 23.0 Å². The average molecular weight is 326 g/mol. The fourth-order valence-electron chi connectivity index (χ4n) is 3.16. The molecule has 4 heteroatoms. The molecule has 2 atom stereocenters.